The van der Waals surface area contributed by atoms with E-state index >= 15 is 0 Å². The Balaban J connectivity index is 1.03. The summed E-state index contributed by atoms with van der Waals surface area (Å²) in [6, 6.07) is 84.3. The largest absolute Gasteiger partial charge is 0.310 e. The van der Waals surface area contributed by atoms with Gasteiger partial charge >= 0.3 is 0 Å². The molecular weight excluding hydrogens is 757 g/mol. The maximum Gasteiger partial charge on any atom is 0.0541 e. The maximum absolute atomic E-state index is 2.43. The van der Waals surface area contributed by atoms with Gasteiger partial charge in [0.05, 0.1) is 22.4 Å². The first-order valence-corrected chi connectivity index (χ1v) is 21.7. The second kappa shape index (κ2) is 14.5. The van der Waals surface area contributed by atoms with Gasteiger partial charge in [-0.2, -0.15) is 0 Å². The van der Waals surface area contributed by atoms with E-state index in [2.05, 4.69) is 240 Å². The quantitative estimate of drug-likeness (QED) is 0.156. The molecule has 2 nitrogen and oxygen atoms in total. The Labute approximate surface area is 358 Å². The van der Waals surface area contributed by atoms with Crippen molar-refractivity contribution in [2.75, 3.05) is 4.90 Å². The Bertz CT molecular complexity index is 3550. The fourth-order valence-electron chi connectivity index (χ4n) is 9.41. The molecule has 0 fully saturated rings. The molecule has 0 unspecified atom stereocenters. The molecule has 0 aliphatic heterocycles. The minimum atomic E-state index is 1.09. The molecule has 10 aromatic carbocycles. The van der Waals surface area contributed by atoms with E-state index in [1.807, 2.05) is 11.3 Å². The van der Waals surface area contributed by atoms with E-state index < -0.39 is 0 Å². The number of hydrogen-bond donors (Lipinski definition) is 0. The van der Waals surface area contributed by atoms with Gasteiger partial charge in [0.2, 0.25) is 0 Å². The Morgan fingerprint density at radius 2 is 0.902 bits per heavy atom. The Hall–Kier alpha value is -7.72. The molecule has 3 heteroatoms. The summed E-state index contributed by atoms with van der Waals surface area (Å²) in [7, 11) is 0. The maximum atomic E-state index is 2.43. The van der Waals surface area contributed by atoms with E-state index in [9.17, 15) is 0 Å². The molecule has 0 aliphatic rings. The van der Waals surface area contributed by atoms with Crippen molar-refractivity contribution in [3.63, 3.8) is 0 Å². The van der Waals surface area contributed by atoms with E-state index in [1.54, 1.807) is 0 Å². The highest BCUT2D eigenvalue weighted by atomic mass is 32.1. The second-order valence-electron chi connectivity index (χ2n) is 15.7. The molecule has 2 heterocycles. The minimum Gasteiger partial charge on any atom is -0.310 e. The molecule has 12 rings (SSSR count). The first-order valence-electron chi connectivity index (χ1n) is 20.8. The van der Waals surface area contributed by atoms with Crippen molar-refractivity contribution in [2.24, 2.45) is 0 Å². The van der Waals surface area contributed by atoms with Gasteiger partial charge in [-0.25, -0.2) is 0 Å². The van der Waals surface area contributed by atoms with Crippen molar-refractivity contribution < 1.29 is 0 Å². The normalized spacial score (nSPS) is 11.6. The van der Waals surface area contributed by atoms with Crippen molar-refractivity contribution in [1.29, 1.82) is 0 Å². The summed E-state index contributed by atoms with van der Waals surface area (Å²) in [5.41, 5.74) is 14.0. The van der Waals surface area contributed by atoms with E-state index in [1.165, 1.54) is 80.6 Å². The van der Waals surface area contributed by atoms with Gasteiger partial charge in [-0.3, -0.25) is 0 Å². The molecule has 0 atom stereocenters. The van der Waals surface area contributed by atoms with E-state index in [4.69, 9.17) is 0 Å². The number of para-hydroxylation sites is 4. The van der Waals surface area contributed by atoms with Gasteiger partial charge in [-0.05, 0) is 99.8 Å². The van der Waals surface area contributed by atoms with Crippen LogP contribution in [0.15, 0.2) is 231 Å². The smallest absolute Gasteiger partial charge is 0.0541 e. The van der Waals surface area contributed by atoms with Crippen LogP contribution in [0.4, 0.5) is 17.1 Å². The van der Waals surface area contributed by atoms with E-state index in [0.717, 1.165) is 28.3 Å². The lowest BCUT2D eigenvalue weighted by Gasteiger charge is -2.28. The molecular formula is C58H38N2S. The van der Waals surface area contributed by atoms with Gasteiger partial charge in [-0.15, -0.1) is 11.3 Å². The fraction of sp³-hybridized carbons (Fsp3) is 0. The van der Waals surface area contributed by atoms with Crippen LogP contribution >= 0.6 is 11.3 Å². The summed E-state index contributed by atoms with van der Waals surface area (Å²) in [5.74, 6) is 0. The summed E-state index contributed by atoms with van der Waals surface area (Å²) in [4.78, 5) is 2.43. The number of hydrogen-bond acceptors (Lipinski definition) is 2. The van der Waals surface area contributed by atoms with Crippen molar-refractivity contribution >= 4 is 81.1 Å². The number of benzene rings is 10. The highest BCUT2D eigenvalue weighted by molar-refractivity contribution is 7.25. The summed E-state index contributed by atoms with van der Waals surface area (Å²) in [5, 5.41) is 7.60. The Morgan fingerprint density at radius 3 is 1.72 bits per heavy atom. The van der Waals surface area contributed by atoms with Gasteiger partial charge in [0.1, 0.15) is 0 Å². The number of nitrogens with zero attached hydrogens (tertiary/aromatic N) is 2. The third-order valence-electron chi connectivity index (χ3n) is 12.2. The number of fused-ring (bicyclic) bond motifs is 7. The van der Waals surface area contributed by atoms with Crippen LogP contribution in [0, 0.1) is 0 Å². The van der Waals surface area contributed by atoms with E-state index in [-0.39, 0.29) is 0 Å². The minimum absolute atomic E-state index is 1.09. The lowest BCUT2D eigenvalue weighted by Crippen LogP contribution is -2.11. The Morgan fingerprint density at radius 1 is 0.328 bits per heavy atom. The van der Waals surface area contributed by atoms with Gasteiger partial charge in [0.25, 0.3) is 0 Å². The average Bonchev–Trinajstić information content (AvgIpc) is 3.87. The third kappa shape index (κ3) is 5.93. The zero-order valence-electron chi connectivity index (χ0n) is 33.2. The molecule has 2 aromatic heterocycles. The van der Waals surface area contributed by atoms with Crippen LogP contribution in [0.25, 0.3) is 91.8 Å². The van der Waals surface area contributed by atoms with Gasteiger partial charge < -0.3 is 9.47 Å². The molecule has 0 aliphatic carbocycles. The molecule has 0 radical (unpaired) electrons. The van der Waals surface area contributed by atoms with Gasteiger partial charge in [0.15, 0.2) is 0 Å². The first-order chi connectivity index (χ1) is 30.3. The molecule has 0 spiro atoms. The highest BCUT2D eigenvalue weighted by Gasteiger charge is 2.20. The van der Waals surface area contributed by atoms with Crippen molar-refractivity contribution in [3.8, 4) is 39.1 Å². The van der Waals surface area contributed by atoms with Crippen LogP contribution in [0.3, 0.4) is 0 Å². The van der Waals surface area contributed by atoms with Crippen molar-refractivity contribution in [2.45, 2.75) is 0 Å². The van der Waals surface area contributed by atoms with Gasteiger partial charge in [0, 0.05) is 53.4 Å². The standard InChI is InChI=1S/C58H38N2S/c1-2-19-45-39(15-1)16-14-25-46(45)41-17-13-18-44(37-41)59(53-26-8-4-21-48(53)42-33-36-58-52(38-42)51-24-7-12-30-57(51)61-58)43-34-31-40(32-35-43)47-20-3-9-27-54(47)60-55-28-10-5-22-49(55)50-23-6-11-29-56(50)60/h1-38H. The SMILES string of the molecule is c1cc(-c2cccc3ccccc23)cc(N(c2ccc(-c3ccccc3-n3c4ccccc4c4ccccc43)cc2)c2ccccc2-c2ccc3sc4ccccc4c3c2)c1. The third-order valence-corrected chi connectivity index (χ3v) is 13.4. The van der Waals surface area contributed by atoms with Crippen LogP contribution in [-0.2, 0) is 0 Å². The van der Waals surface area contributed by atoms with Gasteiger partial charge in [-0.1, -0.05) is 164 Å². The van der Waals surface area contributed by atoms with Crippen LogP contribution in [0.5, 0.6) is 0 Å². The number of aromatic nitrogens is 1. The molecule has 0 N–H and O–H groups in total. The molecule has 286 valence electrons. The van der Waals surface area contributed by atoms with Crippen molar-refractivity contribution in [3.05, 3.63) is 231 Å². The monoisotopic (exact) mass is 794 g/mol. The summed E-state index contributed by atoms with van der Waals surface area (Å²) >= 11 is 1.86. The molecule has 0 bridgehead atoms. The number of thiophene rings is 1. The van der Waals surface area contributed by atoms with Crippen LogP contribution in [-0.4, -0.2) is 4.57 Å². The van der Waals surface area contributed by atoms with E-state index in [0.29, 0.717) is 0 Å². The summed E-state index contributed by atoms with van der Waals surface area (Å²) < 4.78 is 5.04. The summed E-state index contributed by atoms with van der Waals surface area (Å²) in [6.07, 6.45) is 0. The topological polar surface area (TPSA) is 8.17 Å². The Kier molecular flexibility index (Phi) is 8.39. The molecule has 0 saturated carbocycles. The van der Waals surface area contributed by atoms with Crippen LogP contribution in [0.1, 0.15) is 0 Å². The zero-order chi connectivity index (χ0) is 40.3. The lowest BCUT2D eigenvalue weighted by atomic mass is 9.96. The van der Waals surface area contributed by atoms with Crippen molar-refractivity contribution in [1.82, 2.24) is 4.57 Å². The molecule has 61 heavy (non-hydrogen) atoms. The number of anilines is 3. The van der Waals surface area contributed by atoms with Crippen LogP contribution < -0.4 is 4.90 Å². The predicted octanol–water partition coefficient (Wildman–Crippen LogP) is 16.8. The summed E-state index contributed by atoms with van der Waals surface area (Å²) in [6.45, 7) is 0. The molecule has 0 amide bonds. The lowest BCUT2D eigenvalue weighted by molar-refractivity contribution is 1.18. The molecule has 0 saturated heterocycles. The average molecular weight is 795 g/mol. The number of rotatable bonds is 7. The van der Waals surface area contributed by atoms with Crippen LogP contribution in [0.2, 0.25) is 0 Å². The predicted molar refractivity (Wildman–Crippen MR) is 262 cm³/mol. The zero-order valence-corrected chi connectivity index (χ0v) is 34.1. The first kappa shape index (κ1) is 35.2. The fourth-order valence-corrected chi connectivity index (χ4v) is 10.5. The highest BCUT2D eigenvalue weighted by Crippen LogP contribution is 2.45. The second-order valence-corrected chi connectivity index (χ2v) is 16.8. The molecule has 12 aromatic rings.